The molecule has 0 unspecified atom stereocenters. The van der Waals surface area contributed by atoms with E-state index >= 15 is 0 Å². The predicted molar refractivity (Wildman–Crippen MR) is 107 cm³/mol. The normalized spacial score (nSPS) is 12.9. The first-order chi connectivity index (χ1) is 13.5. The zero-order chi connectivity index (χ0) is 19.7. The number of rotatable bonds is 4. The van der Waals surface area contributed by atoms with Crippen LogP contribution >= 0.6 is 11.6 Å². The number of halogens is 1. The summed E-state index contributed by atoms with van der Waals surface area (Å²) in [4.78, 5) is 24.4. The Bertz CT molecular complexity index is 1160. The summed E-state index contributed by atoms with van der Waals surface area (Å²) < 4.78 is 16.3. The Morgan fingerprint density at radius 2 is 2.00 bits per heavy atom. The second-order valence-electron chi connectivity index (χ2n) is 6.46. The number of esters is 1. The van der Waals surface area contributed by atoms with E-state index in [-0.39, 0.29) is 13.2 Å². The van der Waals surface area contributed by atoms with Crippen LogP contribution in [0.3, 0.4) is 0 Å². The van der Waals surface area contributed by atoms with Crippen LogP contribution in [0.1, 0.15) is 23.6 Å². The number of para-hydroxylation sites is 1. The van der Waals surface area contributed by atoms with E-state index in [4.69, 9.17) is 25.5 Å². The molecule has 1 aromatic heterocycles. The molecule has 6 heteroatoms. The first-order valence-electron chi connectivity index (χ1n) is 8.90. The lowest BCUT2D eigenvalue weighted by atomic mass is 10.1. The molecule has 5 nitrogen and oxygen atoms in total. The number of ether oxygens (including phenoxy) is 2. The van der Waals surface area contributed by atoms with E-state index in [0.717, 1.165) is 16.9 Å². The number of benzene rings is 2. The summed E-state index contributed by atoms with van der Waals surface area (Å²) in [6, 6.07) is 12.3. The highest BCUT2D eigenvalue weighted by molar-refractivity contribution is 6.32. The molecule has 2 aromatic carbocycles. The fourth-order valence-corrected chi connectivity index (χ4v) is 3.45. The van der Waals surface area contributed by atoms with Crippen LogP contribution in [0.4, 0.5) is 0 Å². The molecule has 4 rings (SSSR count). The van der Waals surface area contributed by atoms with Gasteiger partial charge in [0.1, 0.15) is 24.5 Å². The summed E-state index contributed by atoms with van der Waals surface area (Å²) in [5.41, 5.74) is 2.59. The molecule has 1 aliphatic heterocycles. The van der Waals surface area contributed by atoms with Crippen LogP contribution in [0, 0.1) is 0 Å². The van der Waals surface area contributed by atoms with Gasteiger partial charge in [-0.3, -0.25) is 0 Å². The maximum Gasteiger partial charge on any atom is 0.337 e. The Balaban J connectivity index is 1.59. The second kappa shape index (κ2) is 7.52. The van der Waals surface area contributed by atoms with Crippen LogP contribution in [0.2, 0.25) is 5.02 Å². The molecule has 0 spiro atoms. The average molecular weight is 397 g/mol. The monoisotopic (exact) mass is 396 g/mol. The van der Waals surface area contributed by atoms with Gasteiger partial charge in [-0.15, -0.1) is 0 Å². The molecule has 0 saturated carbocycles. The molecule has 0 bridgehead atoms. The molecule has 1 aliphatic rings. The summed E-state index contributed by atoms with van der Waals surface area (Å²) in [5, 5.41) is 1.23. The molecular weight excluding hydrogens is 380 g/mol. The van der Waals surface area contributed by atoms with Gasteiger partial charge in [0.2, 0.25) is 0 Å². The highest BCUT2D eigenvalue weighted by Gasteiger charge is 2.19. The molecule has 0 radical (unpaired) electrons. The first kappa shape index (κ1) is 18.3. The van der Waals surface area contributed by atoms with Crippen LogP contribution in [-0.4, -0.2) is 12.6 Å². The molecule has 28 heavy (non-hydrogen) atoms. The second-order valence-corrected chi connectivity index (χ2v) is 6.86. The summed E-state index contributed by atoms with van der Waals surface area (Å²) in [6.07, 6.45) is 2.47. The SMILES string of the molecule is CCc1cc2oc(=O)cc(COC(=O)C3=Cc4ccccc4OC3)c2cc1Cl. The van der Waals surface area contributed by atoms with Gasteiger partial charge in [0.25, 0.3) is 0 Å². The molecule has 0 amide bonds. The summed E-state index contributed by atoms with van der Waals surface area (Å²) >= 11 is 6.29. The minimum Gasteiger partial charge on any atom is -0.488 e. The maximum absolute atomic E-state index is 12.5. The predicted octanol–water partition coefficient (Wildman–Crippen LogP) is 4.53. The van der Waals surface area contributed by atoms with Gasteiger partial charge in [0.05, 0.1) is 5.57 Å². The topological polar surface area (TPSA) is 65.7 Å². The Kier molecular flexibility index (Phi) is 4.92. The lowest BCUT2D eigenvalue weighted by Crippen LogP contribution is -2.17. The molecule has 0 aliphatic carbocycles. The highest BCUT2D eigenvalue weighted by atomic mass is 35.5. The third-order valence-electron chi connectivity index (χ3n) is 4.63. The summed E-state index contributed by atoms with van der Waals surface area (Å²) in [6.45, 7) is 2.04. The van der Waals surface area contributed by atoms with Crippen LogP contribution in [0.25, 0.3) is 17.0 Å². The van der Waals surface area contributed by atoms with E-state index < -0.39 is 11.6 Å². The summed E-state index contributed by atoms with van der Waals surface area (Å²) in [7, 11) is 0. The molecule has 142 valence electrons. The van der Waals surface area contributed by atoms with Crippen LogP contribution in [0.15, 0.2) is 57.2 Å². The van der Waals surface area contributed by atoms with Crippen molar-refractivity contribution in [2.75, 3.05) is 6.61 Å². The third kappa shape index (κ3) is 3.53. The van der Waals surface area contributed by atoms with Crippen molar-refractivity contribution >= 4 is 34.6 Å². The smallest absolute Gasteiger partial charge is 0.337 e. The van der Waals surface area contributed by atoms with Crippen molar-refractivity contribution in [2.24, 2.45) is 0 Å². The van der Waals surface area contributed by atoms with E-state index in [1.165, 1.54) is 6.07 Å². The van der Waals surface area contributed by atoms with Crippen molar-refractivity contribution in [3.05, 3.63) is 80.2 Å². The van der Waals surface area contributed by atoms with E-state index in [1.807, 2.05) is 31.2 Å². The lowest BCUT2D eigenvalue weighted by Gasteiger charge is -2.17. The molecule has 2 heterocycles. The van der Waals surface area contributed by atoms with Crippen molar-refractivity contribution in [1.82, 2.24) is 0 Å². The quantitative estimate of drug-likeness (QED) is 0.479. The first-order valence-corrected chi connectivity index (χ1v) is 9.27. The number of carbonyl (C=O) groups excluding carboxylic acids is 1. The minimum atomic E-state index is -0.503. The zero-order valence-corrected chi connectivity index (χ0v) is 15.9. The van der Waals surface area contributed by atoms with Crippen molar-refractivity contribution in [3.63, 3.8) is 0 Å². The van der Waals surface area contributed by atoms with Crippen molar-refractivity contribution in [2.45, 2.75) is 20.0 Å². The lowest BCUT2D eigenvalue weighted by molar-refractivity contribution is -0.140. The largest absolute Gasteiger partial charge is 0.488 e. The van der Waals surface area contributed by atoms with Gasteiger partial charge in [-0.25, -0.2) is 9.59 Å². The van der Waals surface area contributed by atoms with E-state index in [2.05, 4.69) is 0 Å². The number of hydrogen-bond donors (Lipinski definition) is 0. The van der Waals surface area contributed by atoms with Crippen molar-refractivity contribution < 1.29 is 18.7 Å². The molecule has 0 fully saturated rings. The van der Waals surface area contributed by atoms with E-state index in [0.29, 0.717) is 33.5 Å². The third-order valence-corrected chi connectivity index (χ3v) is 4.98. The summed E-state index contributed by atoms with van der Waals surface area (Å²) in [5.74, 6) is 0.235. The number of hydrogen-bond acceptors (Lipinski definition) is 5. The Labute approximate surface area is 166 Å². The number of aryl methyl sites for hydroxylation is 1. The molecule has 0 saturated heterocycles. The maximum atomic E-state index is 12.5. The van der Waals surface area contributed by atoms with Crippen LogP contribution in [0.5, 0.6) is 5.75 Å². The van der Waals surface area contributed by atoms with Gasteiger partial charge in [-0.2, -0.15) is 0 Å². The average Bonchev–Trinajstić information content (AvgIpc) is 2.71. The highest BCUT2D eigenvalue weighted by Crippen LogP contribution is 2.28. The van der Waals surface area contributed by atoms with Gasteiger partial charge in [-0.1, -0.05) is 36.7 Å². The molecule has 0 N–H and O–H groups in total. The fraction of sp³-hybridized carbons (Fsp3) is 0.182. The van der Waals surface area contributed by atoms with Crippen molar-refractivity contribution in [1.29, 1.82) is 0 Å². The Morgan fingerprint density at radius 1 is 1.18 bits per heavy atom. The van der Waals surface area contributed by atoms with Gasteiger partial charge in [-0.05, 0) is 36.3 Å². The van der Waals surface area contributed by atoms with Gasteiger partial charge >= 0.3 is 11.6 Å². The van der Waals surface area contributed by atoms with Gasteiger partial charge < -0.3 is 13.9 Å². The van der Waals surface area contributed by atoms with E-state index in [9.17, 15) is 9.59 Å². The fourth-order valence-electron chi connectivity index (χ4n) is 3.15. The minimum absolute atomic E-state index is 0.0677. The Hall–Kier alpha value is -3.05. The van der Waals surface area contributed by atoms with Gasteiger partial charge in [0, 0.05) is 27.6 Å². The van der Waals surface area contributed by atoms with E-state index in [1.54, 1.807) is 18.2 Å². The number of carbonyl (C=O) groups is 1. The molecule has 0 atom stereocenters. The van der Waals surface area contributed by atoms with Gasteiger partial charge in [0.15, 0.2) is 0 Å². The van der Waals surface area contributed by atoms with Crippen LogP contribution in [-0.2, 0) is 22.6 Å². The zero-order valence-electron chi connectivity index (χ0n) is 15.2. The van der Waals surface area contributed by atoms with Crippen molar-refractivity contribution in [3.8, 4) is 5.75 Å². The number of fused-ring (bicyclic) bond motifs is 2. The molecular formula is C22H17ClO5. The Morgan fingerprint density at radius 3 is 2.82 bits per heavy atom. The standard InChI is InChI=1S/C22H17ClO5/c1-2-13-8-20-17(10-18(13)23)15(9-21(24)28-20)11-27-22(25)16-7-14-5-3-4-6-19(14)26-12-16/h3-10H,2,11-12H2,1H3. The molecule has 3 aromatic rings. The van der Waals surface area contributed by atoms with Crippen LogP contribution < -0.4 is 10.4 Å².